The van der Waals surface area contributed by atoms with Crippen LogP contribution in [-0.2, 0) is 19.4 Å². The second kappa shape index (κ2) is 8.20. The Morgan fingerprint density at radius 3 is 2.35 bits per heavy atom. The molecule has 1 aromatic rings. The van der Waals surface area contributed by atoms with E-state index in [1.165, 1.54) is 6.42 Å². The molecule has 1 aromatic carbocycles. The summed E-state index contributed by atoms with van der Waals surface area (Å²) in [7, 11) is -2.97. The summed E-state index contributed by atoms with van der Waals surface area (Å²) in [6.45, 7) is 0. The van der Waals surface area contributed by atoms with Crippen molar-refractivity contribution in [3.05, 3.63) is 29.8 Å². The third kappa shape index (κ3) is 5.30. The number of esters is 1. The van der Waals surface area contributed by atoms with Gasteiger partial charge in [0.25, 0.3) is 0 Å². The van der Waals surface area contributed by atoms with Gasteiger partial charge in [0, 0.05) is 12.1 Å². The van der Waals surface area contributed by atoms with Crippen molar-refractivity contribution in [2.24, 2.45) is 5.92 Å². The van der Waals surface area contributed by atoms with E-state index in [0.717, 1.165) is 25.7 Å². The van der Waals surface area contributed by atoms with Gasteiger partial charge in [-0.25, -0.2) is 13.2 Å². The molecule has 1 amide bonds. The van der Waals surface area contributed by atoms with Crippen LogP contribution in [0.15, 0.2) is 24.3 Å². The normalized spacial score (nSPS) is 22.7. The number of amides is 1. The lowest BCUT2D eigenvalue weighted by Crippen LogP contribution is -2.21. The Hall–Kier alpha value is -1.89. The number of sulfone groups is 1. The average Bonchev–Trinajstić information content (AvgIpc) is 2.94. The summed E-state index contributed by atoms with van der Waals surface area (Å²) in [5.74, 6) is -0.380. The highest BCUT2D eigenvalue weighted by molar-refractivity contribution is 7.91. The number of carbonyl (C=O) groups excluding carboxylic acids is 2. The van der Waals surface area contributed by atoms with Crippen molar-refractivity contribution in [1.29, 1.82) is 0 Å². The van der Waals surface area contributed by atoms with Crippen LogP contribution in [0.2, 0.25) is 0 Å². The zero-order chi connectivity index (χ0) is 18.6. The van der Waals surface area contributed by atoms with Crippen molar-refractivity contribution in [3.8, 4) is 0 Å². The molecule has 0 aromatic heterocycles. The number of ether oxygens (including phenoxy) is 1. The second-order valence-corrected chi connectivity index (χ2v) is 9.49. The van der Waals surface area contributed by atoms with E-state index < -0.39 is 9.84 Å². The van der Waals surface area contributed by atoms with Crippen LogP contribution < -0.4 is 5.32 Å². The Labute approximate surface area is 154 Å². The summed E-state index contributed by atoms with van der Waals surface area (Å²) in [6.07, 6.45) is 6.02. The largest absolute Gasteiger partial charge is 0.459 e. The molecule has 1 saturated heterocycles. The Bertz CT molecular complexity index is 751. The average molecular weight is 379 g/mol. The SMILES string of the molecule is O=C(C[C@H]1CCS(=O)(=O)C1)Nc1ccc(C(=O)OC2CCCCC2)cc1. The monoisotopic (exact) mass is 379 g/mol. The summed E-state index contributed by atoms with van der Waals surface area (Å²) in [5.41, 5.74) is 1.06. The zero-order valence-corrected chi connectivity index (χ0v) is 15.6. The molecule has 1 aliphatic carbocycles. The lowest BCUT2D eigenvalue weighted by atomic mass is 9.98. The van der Waals surface area contributed by atoms with Crippen molar-refractivity contribution in [3.63, 3.8) is 0 Å². The van der Waals surface area contributed by atoms with Crippen LogP contribution in [0.5, 0.6) is 0 Å². The van der Waals surface area contributed by atoms with Gasteiger partial charge in [-0.15, -0.1) is 0 Å². The number of rotatable bonds is 5. The molecule has 7 heteroatoms. The molecule has 0 radical (unpaired) electrons. The first-order chi connectivity index (χ1) is 12.4. The van der Waals surface area contributed by atoms with Crippen molar-refractivity contribution in [2.45, 2.75) is 51.0 Å². The quantitative estimate of drug-likeness (QED) is 0.795. The van der Waals surface area contributed by atoms with E-state index in [1.807, 2.05) is 0 Å². The van der Waals surface area contributed by atoms with Gasteiger partial charge in [-0.2, -0.15) is 0 Å². The van der Waals surface area contributed by atoms with Crippen molar-refractivity contribution in [2.75, 3.05) is 16.8 Å². The fourth-order valence-electron chi connectivity index (χ4n) is 3.60. The first-order valence-electron chi connectivity index (χ1n) is 9.22. The molecule has 2 fully saturated rings. The van der Waals surface area contributed by atoms with Crippen LogP contribution in [0.25, 0.3) is 0 Å². The van der Waals surface area contributed by atoms with E-state index in [9.17, 15) is 18.0 Å². The highest BCUT2D eigenvalue weighted by Gasteiger charge is 2.29. The summed E-state index contributed by atoms with van der Waals surface area (Å²) in [4.78, 5) is 24.2. The van der Waals surface area contributed by atoms with Gasteiger partial charge in [-0.3, -0.25) is 4.79 Å². The number of carbonyl (C=O) groups is 2. The first-order valence-corrected chi connectivity index (χ1v) is 11.0. The van der Waals surface area contributed by atoms with Gasteiger partial charge >= 0.3 is 5.97 Å². The van der Waals surface area contributed by atoms with E-state index in [0.29, 0.717) is 17.7 Å². The predicted octanol–water partition coefficient (Wildman–Crippen LogP) is 2.94. The van der Waals surface area contributed by atoms with Gasteiger partial charge in [-0.05, 0) is 62.3 Å². The van der Waals surface area contributed by atoms with E-state index in [-0.39, 0.29) is 41.8 Å². The molecule has 2 aliphatic rings. The van der Waals surface area contributed by atoms with Gasteiger partial charge in [0.1, 0.15) is 6.10 Å². The first kappa shape index (κ1) is 18.9. The molecule has 1 aliphatic heterocycles. The molecule has 1 N–H and O–H groups in total. The number of anilines is 1. The van der Waals surface area contributed by atoms with E-state index >= 15 is 0 Å². The lowest BCUT2D eigenvalue weighted by molar-refractivity contribution is -0.116. The Morgan fingerprint density at radius 1 is 1.04 bits per heavy atom. The maximum atomic E-state index is 12.2. The molecule has 0 unspecified atom stereocenters. The second-order valence-electron chi connectivity index (χ2n) is 7.26. The lowest BCUT2D eigenvalue weighted by Gasteiger charge is -2.21. The standard InChI is InChI=1S/C19H25NO5S/c21-18(12-14-10-11-26(23,24)13-14)20-16-8-6-15(7-9-16)19(22)25-17-4-2-1-3-5-17/h6-9,14,17H,1-5,10-13H2,(H,20,21)/t14-/m1/s1. The summed E-state index contributed by atoms with van der Waals surface area (Å²) >= 11 is 0. The third-order valence-corrected chi connectivity index (χ3v) is 6.87. The van der Waals surface area contributed by atoms with Crippen molar-refractivity contribution in [1.82, 2.24) is 0 Å². The van der Waals surface area contributed by atoms with Crippen LogP contribution in [0.1, 0.15) is 55.3 Å². The summed E-state index contributed by atoms with van der Waals surface area (Å²) in [6, 6.07) is 6.61. The smallest absolute Gasteiger partial charge is 0.338 e. The van der Waals surface area contributed by atoms with Crippen molar-refractivity contribution >= 4 is 27.4 Å². The van der Waals surface area contributed by atoms with Crippen LogP contribution in [-0.4, -0.2) is 37.9 Å². The third-order valence-electron chi connectivity index (χ3n) is 5.03. The molecule has 142 valence electrons. The molecule has 3 rings (SSSR count). The van der Waals surface area contributed by atoms with Crippen LogP contribution in [0.4, 0.5) is 5.69 Å². The fraction of sp³-hybridized carbons (Fsp3) is 0.579. The van der Waals surface area contributed by atoms with Crippen LogP contribution in [0.3, 0.4) is 0 Å². The molecular weight excluding hydrogens is 354 g/mol. The molecule has 26 heavy (non-hydrogen) atoms. The number of benzene rings is 1. The van der Waals surface area contributed by atoms with Gasteiger partial charge in [0.2, 0.25) is 5.91 Å². The molecule has 1 heterocycles. The topological polar surface area (TPSA) is 89.5 Å². The molecular formula is C19H25NO5S. The van der Waals surface area contributed by atoms with Gasteiger partial charge in [0.15, 0.2) is 9.84 Å². The van der Waals surface area contributed by atoms with Crippen LogP contribution in [0, 0.1) is 5.92 Å². The maximum Gasteiger partial charge on any atom is 0.338 e. The summed E-state index contributed by atoms with van der Waals surface area (Å²) in [5, 5.41) is 2.76. The van der Waals surface area contributed by atoms with Gasteiger partial charge < -0.3 is 10.1 Å². The Kier molecular flexibility index (Phi) is 5.96. The number of hydrogen-bond acceptors (Lipinski definition) is 5. The van der Waals surface area contributed by atoms with Crippen molar-refractivity contribution < 1.29 is 22.7 Å². The fourth-order valence-corrected chi connectivity index (χ4v) is 5.46. The Morgan fingerprint density at radius 2 is 1.73 bits per heavy atom. The molecule has 1 atom stereocenters. The summed E-state index contributed by atoms with van der Waals surface area (Å²) < 4.78 is 28.4. The predicted molar refractivity (Wildman–Crippen MR) is 98.7 cm³/mol. The number of nitrogens with one attached hydrogen (secondary N) is 1. The molecule has 6 nitrogen and oxygen atoms in total. The highest BCUT2D eigenvalue weighted by atomic mass is 32.2. The van der Waals surface area contributed by atoms with E-state index in [4.69, 9.17) is 4.74 Å². The number of hydrogen-bond donors (Lipinski definition) is 1. The molecule has 1 saturated carbocycles. The zero-order valence-electron chi connectivity index (χ0n) is 14.8. The minimum atomic E-state index is -2.97. The highest BCUT2D eigenvalue weighted by Crippen LogP contribution is 2.23. The maximum absolute atomic E-state index is 12.2. The molecule has 0 bridgehead atoms. The minimum absolute atomic E-state index is 0.0123. The van der Waals surface area contributed by atoms with Gasteiger partial charge in [-0.1, -0.05) is 6.42 Å². The van der Waals surface area contributed by atoms with Crippen LogP contribution >= 0.6 is 0 Å². The van der Waals surface area contributed by atoms with Gasteiger partial charge in [0.05, 0.1) is 17.1 Å². The Balaban J connectivity index is 1.49. The minimum Gasteiger partial charge on any atom is -0.459 e. The van der Waals surface area contributed by atoms with E-state index in [1.54, 1.807) is 24.3 Å². The molecule has 0 spiro atoms. The van der Waals surface area contributed by atoms with E-state index in [2.05, 4.69) is 5.32 Å².